The normalized spacial score (nSPS) is 16.2. The van der Waals surface area contributed by atoms with E-state index in [2.05, 4.69) is 50.4 Å². The zero-order valence-corrected chi connectivity index (χ0v) is 22.8. The number of halogens is 1. The van der Waals surface area contributed by atoms with Gasteiger partial charge in [-0.25, -0.2) is 0 Å². The average Bonchev–Trinajstić information content (AvgIpc) is 2.86. The summed E-state index contributed by atoms with van der Waals surface area (Å²) in [7, 11) is 0. The van der Waals surface area contributed by atoms with E-state index in [4.69, 9.17) is 4.84 Å². The monoisotopic (exact) mass is 544 g/mol. The molecule has 8 heteroatoms. The summed E-state index contributed by atoms with van der Waals surface area (Å²) in [6.45, 7) is 10.8. The number of hydrogen-bond acceptors (Lipinski definition) is 5. The molecule has 1 fully saturated rings. The summed E-state index contributed by atoms with van der Waals surface area (Å²) >= 11 is 3.51. The van der Waals surface area contributed by atoms with E-state index in [1.54, 1.807) is 13.0 Å². The Morgan fingerprint density at radius 3 is 2.54 bits per heavy atom. The summed E-state index contributed by atoms with van der Waals surface area (Å²) in [4.78, 5) is 20.7. The van der Waals surface area contributed by atoms with Crippen LogP contribution in [-0.2, 0) is 4.84 Å². The molecule has 1 aliphatic rings. The molecule has 0 bridgehead atoms. The smallest absolute Gasteiger partial charge is 0.257 e. The number of benzene rings is 1. The number of carbonyl (C=O) groups is 1. The maximum absolute atomic E-state index is 12.7. The lowest BCUT2D eigenvalue weighted by Crippen LogP contribution is -2.44. The second-order valence-electron chi connectivity index (χ2n) is 9.10. The molecule has 0 saturated carbocycles. The van der Waals surface area contributed by atoms with Gasteiger partial charge in [-0.1, -0.05) is 40.1 Å². The van der Waals surface area contributed by atoms with E-state index in [1.165, 1.54) is 6.20 Å². The Bertz CT molecular complexity index is 1020. The van der Waals surface area contributed by atoms with E-state index in [1.807, 2.05) is 26.0 Å². The van der Waals surface area contributed by atoms with Crippen molar-refractivity contribution in [2.75, 3.05) is 26.2 Å². The first-order chi connectivity index (χ1) is 16.8. The number of likely N-dealkylation sites (tertiary alicyclic amines) is 1. The molecule has 2 aromatic rings. The Morgan fingerprint density at radius 1 is 1.23 bits per heavy atom. The molecular formula is C27H37BrN4O3. The Morgan fingerprint density at radius 2 is 1.91 bits per heavy atom. The molecule has 1 aliphatic heterocycles. The van der Waals surface area contributed by atoms with Crippen LogP contribution < -0.4 is 10.0 Å². The van der Waals surface area contributed by atoms with Crippen molar-refractivity contribution in [3.8, 4) is 0 Å². The molecule has 1 unspecified atom stereocenters. The van der Waals surface area contributed by atoms with Crippen molar-refractivity contribution in [3.63, 3.8) is 0 Å². The second kappa shape index (κ2) is 13.0. The molecule has 3 rings (SSSR count). The van der Waals surface area contributed by atoms with E-state index < -0.39 is 0 Å². The van der Waals surface area contributed by atoms with E-state index in [-0.39, 0.29) is 5.91 Å². The number of hydrogen-bond donors (Lipinski definition) is 1. The molecule has 1 aromatic heterocycles. The van der Waals surface area contributed by atoms with Crippen molar-refractivity contribution in [1.29, 1.82) is 0 Å². The van der Waals surface area contributed by atoms with Crippen LogP contribution in [0.15, 0.2) is 46.2 Å². The number of piperidine rings is 1. The van der Waals surface area contributed by atoms with Crippen LogP contribution >= 0.6 is 15.9 Å². The summed E-state index contributed by atoms with van der Waals surface area (Å²) in [5.41, 5.74) is 3.87. The van der Waals surface area contributed by atoms with Gasteiger partial charge in [-0.2, -0.15) is 4.73 Å². The zero-order chi connectivity index (χ0) is 25.4. The summed E-state index contributed by atoms with van der Waals surface area (Å²) in [5.74, 6) is 0.184. The van der Waals surface area contributed by atoms with Gasteiger partial charge in [-0.3, -0.25) is 4.79 Å². The van der Waals surface area contributed by atoms with Gasteiger partial charge in [0.25, 0.3) is 5.91 Å². The molecule has 0 aliphatic carbocycles. The molecule has 7 nitrogen and oxygen atoms in total. The Balaban J connectivity index is 1.56. The summed E-state index contributed by atoms with van der Waals surface area (Å²) in [6, 6.07) is 10.4. The number of carbonyl (C=O) groups excluding carboxylic acids is 1. The third kappa shape index (κ3) is 7.04. The Labute approximate surface area is 217 Å². The van der Waals surface area contributed by atoms with Crippen molar-refractivity contribution in [2.45, 2.75) is 59.4 Å². The third-order valence-corrected chi connectivity index (χ3v) is 7.40. The minimum Gasteiger partial charge on any atom is -0.618 e. The minimum absolute atomic E-state index is 0.176. The lowest BCUT2D eigenvalue weighted by atomic mass is 9.87. The quantitative estimate of drug-likeness (QED) is 0.202. The first-order valence-electron chi connectivity index (χ1n) is 12.5. The fourth-order valence-electron chi connectivity index (χ4n) is 4.85. The molecular weight excluding hydrogens is 508 g/mol. The fraction of sp³-hybridized carbons (Fsp3) is 0.519. The number of aryl methyl sites for hydroxylation is 1. The van der Waals surface area contributed by atoms with Gasteiger partial charge in [0.2, 0.25) is 5.69 Å². The molecule has 2 heterocycles. The molecule has 1 N–H and O–H groups in total. The predicted molar refractivity (Wildman–Crippen MR) is 143 cm³/mol. The molecule has 35 heavy (non-hydrogen) atoms. The van der Waals surface area contributed by atoms with Crippen LogP contribution in [-0.4, -0.2) is 48.8 Å². The van der Waals surface area contributed by atoms with E-state index >= 15 is 0 Å². The van der Waals surface area contributed by atoms with Crippen LogP contribution in [0.4, 0.5) is 0 Å². The van der Waals surface area contributed by atoms with Gasteiger partial charge in [-0.15, -0.1) is 0 Å². The van der Waals surface area contributed by atoms with Crippen LogP contribution in [0.25, 0.3) is 0 Å². The van der Waals surface area contributed by atoms with Crippen molar-refractivity contribution >= 4 is 27.5 Å². The van der Waals surface area contributed by atoms with E-state index in [9.17, 15) is 10.0 Å². The SMILES string of the molecule is CCO/N=C(\c1ccc(Br)cc1)C1CCN(C(CC)CCNC(=O)c2c(C)cc[n+]([O-])c2C)CC1. The van der Waals surface area contributed by atoms with Crippen molar-refractivity contribution in [1.82, 2.24) is 10.2 Å². The van der Waals surface area contributed by atoms with E-state index in [0.29, 0.717) is 36.4 Å². The summed E-state index contributed by atoms with van der Waals surface area (Å²) < 4.78 is 1.80. The highest BCUT2D eigenvalue weighted by Gasteiger charge is 2.28. The van der Waals surface area contributed by atoms with Gasteiger partial charge in [0.1, 0.15) is 12.2 Å². The Kier molecular flexibility index (Phi) is 10.1. The number of nitrogens with zero attached hydrogens (tertiary/aromatic N) is 3. The number of aromatic nitrogens is 1. The number of pyridine rings is 1. The largest absolute Gasteiger partial charge is 0.618 e. The van der Waals surface area contributed by atoms with Gasteiger partial charge in [0.15, 0.2) is 6.20 Å². The molecule has 0 radical (unpaired) electrons. The molecule has 190 valence electrons. The van der Waals surface area contributed by atoms with Crippen LogP contribution in [0.5, 0.6) is 0 Å². The molecule has 0 spiro atoms. The predicted octanol–water partition coefficient (Wildman–Crippen LogP) is 4.75. The first kappa shape index (κ1) is 27.1. The molecule has 1 atom stereocenters. The van der Waals surface area contributed by atoms with Crippen LogP contribution in [0.2, 0.25) is 0 Å². The summed E-state index contributed by atoms with van der Waals surface area (Å²) in [6.07, 6.45) is 5.39. The number of nitrogens with one attached hydrogen (secondary N) is 1. The lowest BCUT2D eigenvalue weighted by molar-refractivity contribution is -0.612. The van der Waals surface area contributed by atoms with Gasteiger partial charge in [-0.05, 0) is 75.9 Å². The van der Waals surface area contributed by atoms with Crippen LogP contribution in [0.1, 0.15) is 66.7 Å². The highest BCUT2D eigenvalue weighted by molar-refractivity contribution is 9.10. The first-order valence-corrected chi connectivity index (χ1v) is 13.3. The highest BCUT2D eigenvalue weighted by atomic mass is 79.9. The fourth-order valence-corrected chi connectivity index (χ4v) is 5.12. The van der Waals surface area contributed by atoms with Gasteiger partial charge in [0.05, 0.1) is 5.71 Å². The minimum atomic E-state index is -0.176. The zero-order valence-electron chi connectivity index (χ0n) is 21.2. The standard InChI is InChI=1S/C27H37BrN4O3/c1-5-24(11-15-29-27(33)25-19(3)12-18-32(34)20(25)4)31-16-13-22(14-17-31)26(30-35-6-2)21-7-9-23(28)10-8-21/h7-10,12,18,22,24H,5-6,11,13-17H2,1-4H3,(H,29,33)/b30-26+. The van der Waals surface area contributed by atoms with Crippen LogP contribution in [0, 0.1) is 25.0 Å². The number of oxime groups is 1. The van der Waals surface area contributed by atoms with Crippen molar-refractivity contribution in [3.05, 3.63) is 68.6 Å². The van der Waals surface area contributed by atoms with Crippen molar-refractivity contribution < 1.29 is 14.4 Å². The maximum Gasteiger partial charge on any atom is 0.257 e. The Hall–Kier alpha value is -2.45. The number of rotatable bonds is 10. The van der Waals surface area contributed by atoms with Crippen LogP contribution in [0.3, 0.4) is 0 Å². The van der Waals surface area contributed by atoms with E-state index in [0.717, 1.165) is 64.8 Å². The van der Waals surface area contributed by atoms with Gasteiger partial charge >= 0.3 is 0 Å². The third-order valence-electron chi connectivity index (χ3n) is 6.87. The molecule has 1 saturated heterocycles. The van der Waals surface area contributed by atoms with Crippen molar-refractivity contribution in [2.24, 2.45) is 11.1 Å². The second-order valence-corrected chi connectivity index (χ2v) is 10.0. The van der Waals surface area contributed by atoms with Gasteiger partial charge in [0, 0.05) is 36.0 Å². The highest BCUT2D eigenvalue weighted by Crippen LogP contribution is 2.26. The average molecular weight is 546 g/mol. The maximum atomic E-state index is 12.7. The summed E-state index contributed by atoms with van der Waals surface area (Å²) in [5, 5.41) is 19.4. The van der Waals surface area contributed by atoms with Gasteiger partial charge < -0.3 is 20.3 Å². The molecule has 1 amide bonds. The molecule has 1 aromatic carbocycles. The lowest BCUT2D eigenvalue weighted by Gasteiger charge is -2.37. The topological polar surface area (TPSA) is 80.9 Å². The number of amides is 1.